The lowest BCUT2D eigenvalue weighted by atomic mass is 9.76. The molecule has 1 atom stereocenters. The molecule has 118 valence electrons. The Morgan fingerprint density at radius 1 is 1.29 bits per heavy atom. The third kappa shape index (κ3) is 3.58. The Morgan fingerprint density at radius 3 is 2.57 bits per heavy atom. The summed E-state index contributed by atoms with van der Waals surface area (Å²) in [5.74, 6) is 0.944. The number of fused-ring (bicyclic) bond motifs is 1. The maximum absolute atomic E-state index is 6.21. The van der Waals surface area contributed by atoms with E-state index in [1.807, 2.05) is 0 Å². The van der Waals surface area contributed by atoms with E-state index in [9.17, 15) is 0 Å². The first-order valence-electron chi connectivity index (χ1n) is 7.87. The summed E-state index contributed by atoms with van der Waals surface area (Å²) < 4.78 is 5.38. The van der Waals surface area contributed by atoms with E-state index in [4.69, 9.17) is 10.5 Å². The van der Waals surface area contributed by atoms with Gasteiger partial charge in [-0.3, -0.25) is 4.90 Å². The van der Waals surface area contributed by atoms with E-state index in [-0.39, 0.29) is 11.0 Å². The van der Waals surface area contributed by atoms with Gasteiger partial charge in [0.15, 0.2) is 0 Å². The van der Waals surface area contributed by atoms with Gasteiger partial charge in [-0.05, 0) is 55.0 Å². The standard InChI is InChI=1S/C18H30N2O/c1-17(2,3)13-20(4)18(12-19)9-8-14-6-7-16(21-5)10-15(14)11-18/h6-7,10H,8-9,11-13,19H2,1-5H3. The molecule has 0 bridgehead atoms. The molecule has 2 N–H and O–H groups in total. The maximum Gasteiger partial charge on any atom is 0.119 e. The third-order valence-electron chi connectivity index (χ3n) is 4.69. The molecule has 0 saturated carbocycles. The van der Waals surface area contributed by atoms with Crippen molar-refractivity contribution in [3.8, 4) is 5.75 Å². The molecule has 21 heavy (non-hydrogen) atoms. The van der Waals surface area contributed by atoms with Crippen molar-refractivity contribution in [1.29, 1.82) is 0 Å². The Kier molecular flexibility index (Phi) is 4.64. The van der Waals surface area contributed by atoms with Crippen molar-refractivity contribution in [3.63, 3.8) is 0 Å². The Balaban J connectivity index is 2.26. The molecule has 0 radical (unpaired) electrons. The van der Waals surface area contributed by atoms with Crippen LogP contribution >= 0.6 is 0 Å². The lowest BCUT2D eigenvalue weighted by Gasteiger charge is -2.46. The number of aryl methyl sites for hydroxylation is 1. The van der Waals surface area contributed by atoms with Crippen LogP contribution in [0.3, 0.4) is 0 Å². The van der Waals surface area contributed by atoms with E-state index in [2.05, 4.69) is 50.9 Å². The first-order valence-corrected chi connectivity index (χ1v) is 7.87. The molecule has 2 rings (SSSR count). The van der Waals surface area contributed by atoms with Gasteiger partial charge < -0.3 is 10.5 Å². The molecule has 0 aromatic heterocycles. The Hall–Kier alpha value is -1.06. The molecule has 0 heterocycles. The van der Waals surface area contributed by atoms with Crippen molar-refractivity contribution >= 4 is 0 Å². The summed E-state index contributed by atoms with van der Waals surface area (Å²) >= 11 is 0. The number of benzene rings is 1. The summed E-state index contributed by atoms with van der Waals surface area (Å²) in [6.45, 7) is 8.62. The van der Waals surface area contributed by atoms with Crippen molar-refractivity contribution in [1.82, 2.24) is 4.90 Å². The third-order valence-corrected chi connectivity index (χ3v) is 4.69. The predicted octanol–water partition coefficient (Wildman–Crippen LogP) is 2.86. The van der Waals surface area contributed by atoms with Gasteiger partial charge in [0.1, 0.15) is 5.75 Å². The van der Waals surface area contributed by atoms with Gasteiger partial charge in [-0.1, -0.05) is 26.8 Å². The van der Waals surface area contributed by atoms with Crippen molar-refractivity contribution in [2.45, 2.75) is 45.6 Å². The lowest BCUT2D eigenvalue weighted by molar-refractivity contribution is 0.0733. The van der Waals surface area contributed by atoms with Crippen LogP contribution in [0.4, 0.5) is 0 Å². The number of methoxy groups -OCH3 is 1. The highest BCUT2D eigenvalue weighted by atomic mass is 16.5. The van der Waals surface area contributed by atoms with Crippen LogP contribution in [-0.2, 0) is 12.8 Å². The Bertz CT molecular complexity index is 492. The van der Waals surface area contributed by atoms with Gasteiger partial charge in [-0.2, -0.15) is 0 Å². The fourth-order valence-corrected chi connectivity index (χ4v) is 3.48. The fourth-order valence-electron chi connectivity index (χ4n) is 3.48. The predicted molar refractivity (Wildman–Crippen MR) is 88.9 cm³/mol. The Morgan fingerprint density at radius 2 is 2.00 bits per heavy atom. The second-order valence-electron chi connectivity index (χ2n) is 7.66. The molecule has 1 aliphatic rings. The van der Waals surface area contributed by atoms with Crippen molar-refractivity contribution < 1.29 is 4.74 Å². The molecule has 0 spiro atoms. The molecule has 3 heteroatoms. The van der Waals surface area contributed by atoms with Crippen LogP contribution in [0.15, 0.2) is 18.2 Å². The summed E-state index contributed by atoms with van der Waals surface area (Å²) in [6, 6.07) is 6.45. The normalized spacial score (nSPS) is 22.2. The molecule has 0 saturated heterocycles. The van der Waals surface area contributed by atoms with Crippen LogP contribution < -0.4 is 10.5 Å². The van der Waals surface area contributed by atoms with E-state index < -0.39 is 0 Å². The van der Waals surface area contributed by atoms with E-state index in [0.29, 0.717) is 6.54 Å². The molecule has 0 fully saturated rings. The highest BCUT2D eigenvalue weighted by Crippen LogP contribution is 2.35. The molecule has 3 nitrogen and oxygen atoms in total. The molecule has 0 aliphatic heterocycles. The molecular weight excluding hydrogens is 260 g/mol. The number of nitrogens with two attached hydrogens (primary N) is 1. The molecule has 1 aromatic carbocycles. The SMILES string of the molecule is COc1ccc2c(c1)CC(CN)(N(C)CC(C)(C)C)CC2. The summed E-state index contributed by atoms with van der Waals surface area (Å²) in [5.41, 5.74) is 9.42. The van der Waals surface area contributed by atoms with Crippen LogP contribution in [0.2, 0.25) is 0 Å². The zero-order valence-corrected chi connectivity index (χ0v) is 14.2. The van der Waals surface area contributed by atoms with E-state index in [1.165, 1.54) is 11.1 Å². The van der Waals surface area contributed by atoms with Gasteiger partial charge in [-0.25, -0.2) is 0 Å². The van der Waals surface area contributed by atoms with E-state index >= 15 is 0 Å². The van der Waals surface area contributed by atoms with Crippen LogP contribution in [0.1, 0.15) is 38.3 Å². The van der Waals surface area contributed by atoms with E-state index in [1.54, 1.807) is 7.11 Å². The average molecular weight is 290 g/mol. The van der Waals surface area contributed by atoms with Gasteiger partial charge in [0.25, 0.3) is 0 Å². The summed E-state index contributed by atoms with van der Waals surface area (Å²) in [7, 11) is 3.95. The number of nitrogens with zero attached hydrogens (tertiary/aromatic N) is 1. The minimum absolute atomic E-state index is 0.0760. The first kappa shape index (κ1) is 16.3. The maximum atomic E-state index is 6.21. The van der Waals surface area contributed by atoms with Crippen molar-refractivity contribution in [2.24, 2.45) is 11.1 Å². The molecule has 0 amide bonds. The van der Waals surface area contributed by atoms with Crippen LogP contribution in [0, 0.1) is 5.41 Å². The van der Waals surface area contributed by atoms with Crippen LogP contribution in [0.5, 0.6) is 5.75 Å². The molecular formula is C18H30N2O. The zero-order valence-electron chi connectivity index (χ0n) is 14.2. The topological polar surface area (TPSA) is 38.5 Å². The molecule has 1 unspecified atom stereocenters. The van der Waals surface area contributed by atoms with Gasteiger partial charge >= 0.3 is 0 Å². The van der Waals surface area contributed by atoms with Crippen molar-refractivity contribution in [3.05, 3.63) is 29.3 Å². The number of hydrogen-bond donors (Lipinski definition) is 1. The minimum Gasteiger partial charge on any atom is -0.497 e. The summed E-state index contributed by atoms with van der Waals surface area (Å²) in [5, 5.41) is 0. The van der Waals surface area contributed by atoms with Gasteiger partial charge in [0.2, 0.25) is 0 Å². The average Bonchev–Trinajstić information content (AvgIpc) is 2.44. The minimum atomic E-state index is 0.0760. The smallest absolute Gasteiger partial charge is 0.119 e. The Labute approximate surface area is 129 Å². The highest BCUT2D eigenvalue weighted by Gasteiger charge is 2.38. The zero-order chi connectivity index (χ0) is 15.7. The van der Waals surface area contributed by atoms with Gasteiger partial charge in [-0.15, -0.1) is 0 Å². The van der Waals surface area contributed by atoms with Gasteiger partial charge in [0, 0.05) is 18.6 Å². The van der Waals surface area contributed by atoms with E-state index in [0.717, 1.165) is 31.6 Å². The highest BCUT2D eigenvalue weighted by molar-refractivity contribution is 5.39. The molecule has 1 aliphatic carbocycles. The lowest BCUT2D eigenvalue weighted by Crippen LogP contribution is -2.57. The van der Waals surface area contributed by atoms with Gasteiger partial charge in [0.05, 0.1) is 7.11 Å². The number of likely N-dealkylation sites (N-methyl/N-ethyl adjacent to an activating group) is 1. The number of ether oxygens (including phenoxy) is 1. The largest absolute Gasteiger partial charge is 0.497 e. The summed E-state index contributed by atoms with van der Waals surface area (Å²) in [6.07, 6.45) is 3.25. The fraction of sp³-hybridized carbons (Fsp3) is 0.667. The monoisotopic (exact) mass is 290 g/mol. The second-order valence-corrected chi connectivity index (χ2v) is 7.66. The molecule has 1 aromatic rings. The number of rotatable bonds is 4. The second kappa shape index (κ2) is 5.98. The van der Waals surface area contributed by atoms with Crippen molar-refractivity contribution in [2.75, 3.05) is 27.2 Å². The van der Waals surface area contributed by atoms with Crippen LogP contribution in [0.25, 0.3) is 0 Å². The van der Waals surface area contributed by atoms with Crippen LogP contribution in [-0.4, -0.2) is 37.7 Å². The quantitative estimate of drug-likeness (QED) is 0.926. The number of hydrogen-bond acceptors (Lipinski definition) is 3. The summed E-state index contributed by atoms with van der Waals surface area (Å²) in [4.78, 5) is 2.48. The first-order chi connectivity index (χ1) is 9.79.